The molecule has 1 aliphatic rings. The molecule has 29 nitrogen and oxygen atoms in total. The predicted octanol–water partition coefficient (Wildman–Crippen LogP) is 2.04. The van der Waals surface area contributed by atoms with E-state index >= 15 is 0 Å². The third-order valence-corrected chi connectivity index (χ3v) is 14.8. The molecular formula is C47H63ClF3N9O20P2. The van der Waals surface area contributed by atoms with Gasteiger partial charge in [-0.05, 0) is 17.2 Å². The van der Waals surface area contributed by atoms with E-state index in [9.17, 15) is 47.0 Å². The Hall–Kier alpha value is -5.19. The minimum Gasteiger partial charge on any atom is -0.420 e. The number of nitrogens with zero attached hydrogens (tertiary/aromatic N) is 7. The maximum atomic E-state index is 13.6. The molecular weight excluding hydrogens is 1160 g/mol. The van der Waals surface area contributed by atoms with Gasteiger partial charge in [-0.1, -0.05) is 35.5 Å². The van der Waals surface area contributed by atoms with Crippen molar-refractivity contribution in [2.75, 3.05) is 123 Å². The summed E-state index contributed by atoms with van der Waals surface area (Å²) in [7, 11) is -9.74. The van der Waals surface area contributed by atoms with E-state index in [1.54, 1.807) is 41.2 Å². The number of hydrogen-bond donors (Lipinski definition) is 7. The number of rotatable bonds is 40. The summed E-state index contributed by atoms with van der Waals surface area (Å²) in [6, 6.07) is 8.51. The van der Waals surface area contributed by atoms with E-state index in [0.29, 0.717) is 89.4 Å². The fourth-order valence-corrected chi connectivity index (χ4v) is 10.1. The van der Waals surface area contributed by atoms with E-state index in [1.165, 1.54) is 6.20 Å². The smallest absolute Gasteiger partial charge is 0.340 e. The highest BCUT2D eigenvalue weighted by atomic mass is 35.5. The normalized spacial score (nSPS) is 17.5. The highest BCUT2D eigenvalue weighted by molar-refractivity contribution is 7.70. The Morgan fingerprint density at radius 1 is 0.768 bits per heavy atom. The lowest BCUT2D eigenvalue weighted by molar-refractivity contribution is -0.136. The quantitative estimate of drug-likeness (QED) is 0.00970. The van der Waals surface area contributed by atoms with Gasteiger partial charge in [0, 0.05) is 18.7 Å². The van der Waals surface area contributed by atoms with Gasteiger partial charge in [-0.15, -0.1) is 5.10 Å². The number of fused-ring (bicyclic) bond motifs is 1. The number of benzene rings is 2. The summed E-state index contributed by atoms with van der Waals surface area (Å²) in [4.78, 5) is 61.9. The van der Waals surface area contributed by atoms with Gasteiger partial charge in [0.05, 0.1) is 143 Å². The molecule has 5 aromatic rings. The number of aliphatic hydroxyl groups is 2. The van der Waals surface area contributed by atoms with Gasteiger partial charge in [0.1, 0.15) is 41.7 Å². The topological polar surface area (TPSA) is 369 Å². The average molecular weight is 1230 g/mol. The Morgan fingerprint density at radius 2 is 1.35 bits per heavy atom. The number of ether oxygens (including phenoxy) is 10. The highest BCUT2D eigenvalue weighted by Gasteiger charge is 2.46. The molecule has 6 atom stereocenters. The molecule has 6 rings (SSSR count). The number of esters is 1. The van der Waals surface area contributed by atoms with E-state index in [-0.39, 0.29) is 81.3 Å². The summed E-state index contributed by atoms with van der Waals surface area (Å²) in [6.07, 6.45) is -3.45. The number of hydrogen-bond acceptors (Lipinski definition) is 23. The zero-order valence-corrected chi connectivity index (χ0v) is 46.4. The minimum atomic E-state index is -4.93. The van der Waals surface area contributed by atoms with Gasteiger partial charge in [-0.25, -0.2) is 22.5 Å². The van der Waals surface area contributed by atoms with Crippen molar-refractivity contribution in [3.8, 4) is 5.75 Å². The summed E-state index contributed by atoms with van der Waals surface area (Å²) in [5.41, 5.74) is 1.20. The summed E-state index contributed by atoms with van der Waals surface area (Å²) in [6.45, 7) is 4.00. The van der Waals surface area contributed by atoms with Crippen LogP contribution in [0, 0.1) is 17.5 Å². The zero-order chi connectivity index (χ0) is 58.9. The van der Waals surface area contributed by atoms with Crippen LogP contribution >= 0.6 is 26.8 Å². The number of amides is 1. The van der Waals surface area contributed by atoms with Crippen LogP contribution < -0.4 is 15.4 Å². The molecule has 0 spiro atoms. The first kappa shape index (κ1) is 66.0. The van der Waals surface area contributed by atoms with E-state index in [1.807, 2.05) is 0 Å². The first-order valence-electron chi connectivity index (χ1n) is 25.3. The van der Waals surface area contributed by atoms with E-state index in [2.05, 4.69) is 40.7 Å². The first-order chi connectivity index (χ1) is 39.4. The number of carbonyl (C=O) groups is 2. The van der Waals surface area contributed by atoms with Gasteiger partial charge in [0.15, 0.2) is 29.4 Å². The van der Waals surface area contributed by atoms with Crippen LogP contribution in [0.2, 0.25) is 5.28 Å². The van der Waals surface area contributed by atoms with Crippen LogP contribution in [0.25, 0.3) is 11.0 Å². The number of halogens is 4. The van der Waals surface area contributed by atoms with Gasteiger partial charge in [0.25, 0.3) is 0 Å². The third-order valence-electron chi connectivity index (χ3n) is 11.2. The molecule has 1 saturated heterocycles. The summed E-state index contributed by atoms with van der Waals surface area (Å²) >= 11 is 6.32. The van der Waals surface area contributed by atoms with Crippen molar-refractivity contribution in [3.05, 3.63) is 88.9 Å². The van der Waals surface area contributed by atoms with Crippen LogP contribution in [-0.4, -0.2) is 208 Å². The van der Waals surface area contributed by atoms with Gasteiger partial charge in [-0.2, -0.15) is 15.1 Å². The SMILES string of the molecule is O=C(CCOCCOCCOCCOCCn1cc(COCCOCCOCCOCCNC(=O)[C@@H](Nc2nc(Cl)nc3c2cnn3[C@@H]2O[C@H](COP(=O)(O)CP(=O)(O)O)[C@@H](O)[C@H]2O)c2ccccc2)nn1)Oc1c(F)cc(F)cc1F. The molecule has 2 aromatic carbocycles. The molecule has 3 aromatic heterocycles. The lowest BCUT2D eigenvalue weighted by Gasteiger charge is -2.20. The molecule has 1 amide bonds. The Balaban J connectivity index is 0.756. The lowest BCUT2D eigenvalue weighted by atomic mass is 10.1. The first-order valence-corrected chi connectivity index (χ1v) is 29.2. The molecule has 0 aliphatic carbocycles. The molecule has 82 heavy (non-hydrogen) atoms. The molecule has 454 valence electrons. The van der Waals surface area contributed by atoms with Crippen LogP contribution in [-0.2, 0) is 79.0 Å². The number of aromatic nitrogens is 7. The number of aliphatic hydroxyl groups excluding tert-OH is 2. The molecule has 0 saturated carbocycles. The van der Waals surface area contributed by atoms with Crippen molar-refractivity contribution < 1.29 is 109 Å². The second-order valence-electron chi connectivity index (χ2n) is 17.5. The molecule has 35 heteroatoms. The van der Waals surface area contributed by atoms with Gasteiger partial charge < -0.3 is 87.4 Å². The van der Waals surface area contributed by atoms with E-state index in [4.69, 9.17) is 68.5 Å². The van der Waals surface area contributed by atoms with Crippen molar-refractivity contribution >= 4 is 55.5 Å². The van der Waals surface area contributed by atoms with Gasteiger partial charge in [-0.3, -0.25) is 18.7 Å². The second-order valence-corrected chi connectivity index (χ2v) is 21.8. The number of nitrogens with one attached hydrogen (secondary N) is 2. The number of carbonyl (C=O) groups excluding carboxylic acids is 2. The Bertz CT molecular complexity index is 2840. The fourth-order valence-electron chi connectivity index (χ4n) is 7.38. The van der Waals surface area contributed by atoms with E-state index in [0.717, 1.165) is 4.68 Å². The van der Waals surface area contributed by atoms with Gasteiger partial charge >= 0.3 is 21.2 Å². The van der Waals surface area contributed by atoms with Gasteiger partial charge in [0.2, 0.25) is 16.9 Å². The van der Waals surface area contributed by atoms with Crippen LogP contribution in [0.1, 0.15) is 29.9 Å². The maximum Gasteiger partial charge on any atom is 0.340 e. The van der Waals surface area contributed by atoms with Crippen LogP contribution in [0.15, 0.2) is 54.9 Å². The Kier molecular flexibility index (Phi) is 27.3. The molecule has 1 aliphatic heterocycles. The van der Waals surface area contributed by atoms with Crippen LogP contribution in [0.4, 0.5) is 19.0 Å². The fraction of sp³-hybridized carbons (Fsp3) is 0.553. The lowest BCUT2D eigenvalue weighted by Crippen LogP contribution is -2.36. The Morgan fingerprint density at radius 3 is 1.98 bits per heavy atom. The second kappa shape index (κ2) is 33.9. The molecule has 0 radical (unpaired) electrons. The van der Waals surface area contributed by atoms with Crippen molar-refractivity contribution in [2.45, 2.75) is 50.2 Å². The molecule has 7 N–H and O–H groups in total. The molecule has 0 bridgehead atoms. The van der Waals surface area contributed by atoms with Crippen LogP contribution in [0.3, 0.4) is 0 Å². The number of anilines is 1. The Labute approximate surface area is 471 Å². The third kappa shape index (κ3) is 22.4. The van der Waals surface area contributed by atoms with Crippen molar-refractivity contribution in [3.63, 3.8) is 0 Å². The summed E-state index contributed by atoms with van der Waals surface area (Å²) < 4.78 is 125. The molecule has 1 unspecified atom stereocenters. The van der Waals surface area contributed by atoms with Crippen molar-refractivity contribution in [2.24, 2.45) is 0 Å². The molecule has 4 heterocycles. The van der Waals surface area contributed by atoms with E-state index < -0.39 is 93.4 Å². The minimum absolute atomic E-state index is 0.00897. The summed E-state index contributed by atoms with van der Waals surface area (Å²) in [5.74, 6) is -7.52. The summed E-state index contributed by atoms with van der Waals surface area (Å²) in [5, 5.41) is 39.8. The zero-order valence-electron chi connectivity index (χ0n) is 43.8. The largest absolute Gasteiger partial charge is 0.420 e. The molecule has 1 fully saturated rings. The maximum absolute atomic E-state index is 13.6. The monoisotopic (exact) mass is 1230 g/mol. The predicted molar refractivity (Wildman–Crippen MR) is 277 cm³/mol. The van der Waals surface area contributed by atoms with Crippen molar-refractivity contribution in [1.29, 1.82) is 0 Å². The van der Waals surface area contributed by atoms with Crippen LogP contribution in [0.5, 0.6) is 5.75 Å². The standard InChI is InChI=1S/C47H63ClF3N9O20P2/c48-47-55-43(34-26-53-60(44(34)56-47)46-41(63)40(62)37(79-46)29-78-82(68,69)30-81(65,66)67)54-39(31-4-2-1-3-5-31)45(64)52-7-10-71-13-16-74-20-21-76-22-23-77-28-33-27-59(58-57-33)8-11-72-14-17-75-19-18-73-15-12-70-9-6-38(61)80-42-35(50)24-32(49)25-36(42)51/h1-5,24-27,37,39-41,46,62-63H,6-23,28-30H2,(H,52,64)(H,68,69)(H,54,55,56)(H2,65,66,67)/t37-,39+,40-,41-,46-/m1/s1. The highest BCUT2D eigenvalue weighted by Crippen LogP contribution is 2.55. The average Bonchev–Trinajstić information content (AvgIpc) is 4.35. The van der Waals surface area contributed by atoms with Crippen molar-refractivity contribution in [1.82, 2.24) is 40.1 Å².